The van der Waals surface area contributed by atoms with Crippen molar-refractivity contribution in [3.8, 4) is 5.75 Å². The number of hydrogen-bond acceptors (Lipinski definition) is 5. The van der Waals surface area contributed by atoms with E-state index in [4.69, 9.17) is 4.74 Å². The fourth-order valence-corrected chi connectivity index (χ4v) is 1.57. The number of hydrogen-bond donors (Lipinski definition) is 1. The summed E-state index contributed by atoms with van der Waals surface area (Å²) >= 11 is 0. The van der Waals surface area contributed by atoms with Crippen LogP contribution in [0.25, 0.3) is 0 Å². The first kappa shape index (κ1) is 13.5. The minimum atomic E-state index is 0.444. The molecule has 0 aliphatic heterocycles. The zero-order valence-electron chi connectivity index (χ0n) is 11.6. The number of nitrogens with zero attached hydrogens (tertiary/aromatic N) is 5. The van der Waals surface area contributed by atoms with E-state index in [0.29, 0.717) is 19.2 Å². The van der Waals surface area contributed by atoms with Crippen LogP contribution in [-0.2, 0) is 20.1 Å². The monoisotopic (exact) mass is 264 g/mol. The second-order valence-electron chi connectivity index (χ2n) is 4.71. The summed E-state index contributed by atoms with van der Waals surface area (Å²) in [7, 11) is 1.86. The van der Waals surface area contributed by atoms with Crippen LogP contribution >= 0.6 is 0 Å². The molecule has 19 heavy (non-hydrogen) atoms. The third-order valence-corrected chi connectivity index (χ3v) is 2.55. The highest BCUT2D eigenvalue weighted by Crippen LogP contribution is 2.06. The van der Waals surface area contributed by atoms with Gasteiger partial charge in [-0.25, -0.2) is 4.68 Å². The highest BCUT2D eigenvalue weighted by atomic mass is 16.5. The molecular weight excluding hydrogens is 244 g/mol. The number of ether oxygens (including phenoxy) is 1. The molecule has 0 saturated heterocycles. The molecule has 0 aromatic carbocycles. The Morgan fingerprint density at radius 2 is 2.21 bits per heavy atom. The Kier molecular flexibility index (Phi) is 4.51. The van der Waals surface area contributed by atoms with Crippen molar-refractivity contribution < 1.29 is 4.74 Å². The van der Waals surface area contributed by atoms with Gasteiger partial charge in [-0.3, -0.25) is 4.68 Å². The molecule has 7 nitrogen and oxygen atoms in total. The van der Waals surface area contributed by atoms with Crippen molar-refractivity contribution in [2.75, 3.05) is 6.61 Å². The van der Waals surface area contributed by atoms with E-state index in [1.807, 2.05) is 19.4 Å². The van der Waals surface area contributed by atoms with Gasteiger partial charge in [-0.15, -0.1) is 5.10 Å². The number of aromatic nitrogens is 5. The number of rotatable bonds is 7. The van der Waals surface area contributed by atoms with Crippen molar-refractivity contribution in [1.29, 1.82) is 0 Å². The molecule has 2 heterocycles. The van der Waals surface area contributed by atoms with Gasteiger partial charge in [0.05, 0.1) is 24.6 Å². The molecule has 0 unspecified atom stereocenters. The van der Waals surface area contributed by atoms with Crippen molar-refractivity contribution in [2.24, 2.45) is 7.05 Å². The lowest BCUT2D eigenvalue weighted by Gasteiger charge is -2.04. The Bertz CT molecular complexity index is 504. The van der Waals surface area contributed by atoms with Crippen LogP contribution in [0.15, 0.2) is 18.6 Å². The van der Waals surface area contributed by atoms with E-state index in [9.17, 15) is 0 Å². The predicted octanol–water partition coefficient (Wildman–Crippen LogP) is 0.589. The largest absolute Gasteiger partial charge is 0.488 e. The van der Waals surface area contributed by atoms with Gasteiger partial charge >= 0.3 is 0 Å². The fourth-order valence-electron chi connectivity index (χ4n) is 1.57. The first-order valence-electron chi connectivity index (χ1n) is 6.37. The van der Waals surface area contributed by atoms with Gasteiger partial charge in [0.1, 0.15) is 6.61 Å². The van der Waals surface area contributed by atoms with Gasteiger partial charge in [0.25, 0.3) is 0 Å². The van der Waals surface area contributed by atoms with Crippen molar-refractivity contribution in [2.45, 2.75) is 33.0 Å². The summed E-state index contributed by atoms with van der Waals surface area (Å²) in [6.45, 7) is 6.16. The fraction of sp³-hybridized carbons (Fsp3) is 0.583. The van der Waals surface area contributed by atoms with Crippen molar-refractivity contribution >= 4 is 0 Å². The molecule has 2 aromatic rings. The lowest BCUT2D eigenvalue weighted by atomic mass is 10.3. The zero-order chi connectivity index (χ0) is 13.7. The van der Waals surface area contributed by atoms with Gasteiger partial charge in [-0.1, -0.05) is 19.1 Å². The molecule has 0 fully saturated rings. The summed E-state index contributed by atoms with van der Waals surface area (Å²) in [6.07, 6.45) is 5.46. The van der Waals surface area contributed by atoms with E-state index >= 15 is 0 Å². The Hall–Kier alpha value is -1.89. The van der Waals surface area contributed by atoms with Crippen LogP contribution in [0, 0.1) is 0 Å². The Labute approximate surface area is 112 Å². The first-order valence-corrected chi connectivity index (χ1v) is 6.37. The van der Waals surface area contributed by atoms with E-state index < -0.39 is 0 Å². The summed E-state index contributed by atoms with van der Waals surface area (Å²) in [4.78, 5) is 0. The third kappa shape index (κ3) is 4.36. The van der Waals surface area contributed by atoms with Gasteiger partial charge in [0, 0.05) is 25.8 Å². The average Bonchev–Trinajstić information content (AvgIpc) is 2.96. The normalized spacial score (nSPS) is 11.2. The predicted molar refractivity (Wildman–Crippen MR) is 70.7 cm³/mol. The third-order valence-electron chi connectivity index (χ3n) is 2.55. The highest BCUT2D eigenvalue weighted by molar-refractivity contribution is 5.11. The second kappa shape index (κ2) is 6.33. The van der Waals surface area contributed by atoms with E-state index in [-0.39, 0.29) is 0 Å². The van der Waals surface area contributed by atoms with Crippen LogP contribution in [0.5, 0.6) is 5.75 Å². The molecule has 1 N–H and O–H groups in total. The minimum absolute atomic E-state index is 0.444. The van der Waals surface area contributed by atoms with E-state index in [1.54, 1.807) is 15.6 Å². The Morgan fingerprint density at radius 1 is 1.37 bits per heavy atom. The molecule has 0 atom stereocenters. The maximum Gasteiger partial charge on any atom is 0.157 e. The summed E-state index contributed by atoms with van der Waals surface area (Å²) in [6, 6.07) is 0.444. The van der Waals surface area contributed by atoms with Crippen LogP contribution < -0.4 is 10.1 Å². The average molecular weight is 264 g/mol. The van der Waals surface area contributed by atoms with Crippen molar-refractivity contribution in [1.82, 2.24) is 30.1 Å². The highest BCUT2D eigenvalue weighted by Gasteiger charge is 2.02. The molecule has 0 aliphatic rings. The molecular formula is C12H20N6O. The molecule has 0 bridgehead atoms. The summed E-state index contributed by atoms with van der Waals surface area (Å²) < 4.78 is 9.04. The molecule has 0 aliphatic carbocycles. The molecule has 0 saturated carbocycles. The van der Waals surface area contributed by atoms with Crippen LogP contribution in [0.1, 0.15) is 19.5 Å². The van der Waals surface area contributed by atoms with E-state index in [0.717, 1.165) is 18.0 Å². The lowest BCUT2D eigenvalue weighted by molar-refractivity contribution is 0.289. The van der Waals surface area contributed by atoms with Crippen LogP contribution in [0.3, 0.4) is 0 Å². The molecule has 2 rings (SSSR count). The van der Waals surface area contributed by atoms with E-state index in [2.05, 4.69) is 34.6 Å². The van der Waals surface area contributed by atoms with Crippen molar-refractivity contribution in [3.05, 3.63) is 24.3 Å². The first-order chi connectivity index (χ1) is 9.13. The lowest BCUT2D eigenvalue weighted by Crippen LogP contribution is -2.21. The molecule has 104 valence electrons. The van der Waals surface area contributed by atoms with Crippen LogP contribution in [0.4, 0.5) is 0 Å². The van der Waals surface area contributed by atoms with Gasteiger partial charge < -0.3 is 10.1 Å². The molecule has 0 amide bonds. The number of nitrogens with one attached hydrogen (secondary N) is 1. The number of aryl methyl sites for hydroxylation is 1. The minimum Gasteiger partial charge on any atom is -0.488 e. The van der Waals surface area contributed by atoms with E-state index in [1.165, 1.54) is 0 Å². The molecule has 0 radical (unpaired) electrons. The summed E-state index contributed by atoms with van der Waals surface area (Å²) in [5, 5.41) is 15.5. The van der Waals surface area contributed by atoms with Crippen LogP contribution in [0.2, 0.25) is 0 Å². The van der Waals surface area contributed by atoms with Crippen LogP contribution in [-0.4, -0.2) is 37.4 Å². The molecule has 2 aromatic heterocycles. The van der Waals surface area contributed by atoms with Crippen molar-refractivity contribution in [3.63, 3.8) is 0 Å². The SMILES string of the molecule is CC(C)NCc1cn(CCOc2cnn(C)c2)nn1. The van der Waals surface area contributed by atoms with Gasteiger partial charge in [-0.05, 0) is 0 Å². The molecule has 7 heteroatoms. The quantitative estimate of drug-likeness (QED) is 0.792. The maximum atomic E-state index is 5.55. The second-order valence-corrected chi connectivity index (χ2v) is 4.71. The molecule has 0 spiro atoms. The Balaban J connectivity index is 1.74. The smallest absolute Gasteiger partial charge is 0.157 e. The van der Waals surface area contributed by atoms with Gasteiger partial charge in [-0.2, -0.15) is 5.10 Å². The summed E-state index contributed by atoms with van der Waals surface area (Å²) in [5.41, 5.74) is 0.940. The topological polar surface area (TPSA) is 69.8 Å². The Morgan fingerprint density at radius 3 is 2.89 bits per heavy atom. The zero-order valence-corrected chi connectivity index (χ0v) is 11.6. The summed E-state index contributed by atoms with van der Waals surface area (Å²) in [5.74, 6) is 0.768. The standard InChI is InChI=1S/C12H20N6O/c1-10(2)13-6-11-8-18(16-15-11)4-5-19-12-7-14-17(3)9-12/h7-10,13H,4-6H2,1-3H3. The van der Waals surface area contributed by atoms with Gasteiger partial charge in [0.2, 0.25) is 0 Å². The maximum absolute atomic E-state index is 5.55. The van der Waals surface area contributed by atoms with Gasteiger partial charge in [0.15, 0.2) is 5.75 Å².